The maximum Gasteiger partial charge on any atom is 0.220 e. The van der Waals surface area contributed by atoms with Crippen molar-refractivity contribution in [2.45, 2.75) is 111 Å². The van der Waals surface area contributed by atoms with Gasteiger partial charge in [-0.1, -0.05) is 0 Å². The summed E-state index contributed by atoms with van der Waals surface area (Å²) < 4.78 is 33.7. The van der Waals surface area contributed by atoms with E-state index < -0.39 is 105 Å². The monoisotopic (exact) mass is 660 g/mol. The van der Waals surface area contributed by atoms with Crippen LogP contribution in [0.3, 0.4) is 0 Å². The second-order valence-electron chi connectivity index (χ2n) is 11.1. The van der Waals surface area contributed by atoms with Gasteiger partial charge in [0, 0.05) is 13.0 Å². The molecule has 0 bridgehead atoms. The van der Waals surface area contributed by atoms with E-state index in [2.05, 4.69) is 17.9 Å². The molecule has 0 saturated carbocycles. The maximum atomic E-state index is 11.7. The first kappa shape index (κ1) is 37.6. The molecule has 3 fully saturated rings. The molecule has 3 rings (SSSR count). The molecule has 19 heteroatoms. The van der Waals surface area contributed by atoms with Crippen molar-refractivity contribution >= 4 is 18.5 Å². The quantitative estimate of drug-likeness (QED) is 0.0574. The Morgan fingerprint density at radius 3 is 1.57 bits per heavy atom. The van der Waals surface area contributed by atoms with E-state index in [0.717, 1.165) is 0 Å². The summed E-state index contributed by atoms with van der Waals surface area (Å²) in [7, 11) is 0. The van der Waals surface area contributed by atoms with Crippen LogP contribution in [0.2, 0.25) is 0 Å². The molecule has 14 N–H and O–H groups in total. The van der Waals surface area contributed by atoms with Crippen LogP contribution >= 0.6 is 12.6 Å². The number of amides is 1. The van der Waals surface area contributed by atoms with Crippen LogP contribution in [0, 0.1) is 0 Å². The molecule has 0 aromatic rings. The van der Waals surface area contributed by atoms with Gasteiger partial charge in [0.2, 0.25) is 5.91 Å². The number of carbonyl (C=O) groups is 1. The van der Waals surface area contributed by atoms with Crippen LogP contribution in [0.4, 0.5) is 0 Å². The normalized spacial score (nSPS) is 43.1. The summed E-state index contributed by atoms with van der Waals surface area (Å²) in [6, 6.07) is -3.53. The average molecular weight is 661 g/mol. The van der Waals surface area contributed by atoms with Crippen molar-refractivity contribution in [2.75, 3.05) is 38.7 Å². The van der Waals surface area contributed by atoms with E-state index >= 15 is 0 Å². The zero-order chi connectivity index (χ0) is 32.6. The second-order valence-corrected chi connectivity index (χ2v) is 11.5. The lowest BCUT2D eigenvalue weighted by Crippen LogP contribution is -2.65. The number of aliphatic hydroxyl groups excluding tert-OH is 7. The molecule has 15 unspecified atom stereocenters. The van der Waals surface area contributed by atoms with E-state index in [9.17, 15) is 40.5 Å². The van der Waals surface area contributed by atoms with Gasteiger partial charge >= 0.3 is 0 Å². The Balaban J connectivity index is 1.51. The van der Waals surface area contributed by atoms with E-state index in [1.165, 1.54) is 0 Å². The van der Waals surface area contributed by atoms with Gasteiger partial charge in [-0.3, -0.25) is 4.79 Å². The molecule has 18 nitrogen and oxygen atoms in total. The zero-order valence-electron chi connectivity index (χ0n) is 24.2. The maximum absolute atomic E-state index is 11.7. The number of thiol groups is 1. The lowest BCUT2D eigenvalue weighted by atomic mass is 9.96. The molecule has 0 aliphatic carbocycles. The number of nitrogens with two attached hydrogens (primary N) is 3. The Bertz CT molecular complexity index is 870. The summed E-state index contributed by atoms with van der Waals surface area (Å²) >= 11 is 4.07. The highest BCUT2D eigenvalue weighted by molar-refractivity contribution is 7.80. The smallest absolute Gasteiger partial charge is 0.220 e. The van der Waals surface area contributed by atoms with Gasteiger partial charge < -0.3 is 86.7 Å². The number of rotatable bonds is 15. The number of aliphatic hydroxyl groups is 7. The van der Waals surface area contributed by atoms with Crippen molar-refractivity contribution in [2.24, 2.45) is 17.2 Å². The van der Waals surface area contributed by atoms with Gasteiger partial charge in [0.05, 0.1) is 44.6 Å². The van der Waals surface area contributed by atoms with Crippen LogP contribution < -0.4 is 22.5 Å². The molecule has 3 saturated heterocycles. The molecule has 1 amide bonds. The van der Waals surface area contributed by atoms with E-state index in [4.69, 9.17) is 45.6 Å². The fourth-order valence-electron chi connectivity index (χ4n) is 4.94. The minimum Gasteiger partial charge on any atom is -0.394 e. The van der Waals surface area contributed by atoms with Crippen LogP contribution in [0.25, 0.3) is 0 Å². The Morgan fingerprint density at radius 2 is 1.11 bits per heavy atom. The summed E-state index contributed by atoms with van der Waals surface area (Å²) in [6.07, 6.45) is -14.7. The first-order chi connectivity index (χ1) is 20.9. The Kier molecular flexibility index (Phi) is 15.3. The van der Waals surface area contributed by atoms with Gasteiger partial charge in [-0.15, -0.1) is 0 Å². The van der Waals surface area contributed by atoms with Crippen LogP contribution in [0.15, 0.2) is 0 Å². The third-order valence-corrected chi connectivity index (χ3v) is 8.08. The predicted molar refractivity (Wildman–Crippen MR) is 152 cm³/mol. The number of hydrogen-bond donors (Lipinski definition) is 12. The lowest BCUT2D eigenvalue weighted by molar-refractivity contribution is -0.312. The fourth-order valence-corrected chi connectivity index (χ4v) is 5.10. The van der Waals surface area contributed by atoms with Gasteiger partial charge in [0.15, 0.2) is 18.9 Å². The number of carbonyl (C=O) groups excluding carboxylic acids is 1. The molecule has 258 valence electrons. The molecule has 0 aromatic carbocycles. The highest BCUT2D eigenvalue weighted by Gasteiger charge is 2.48. The van der Waals surface area contributed by atoms with Gasteiger partial charge in [-0.05, 0) is 18.6 Å². The summed E-state index contributed by atoms with van der Waals surface area (Å²) in [5, 5.41) is 74.2. The molecule has 3 aliphatic rings. The molecule has 3 aliphatic heterocycles. The van der Waals surface area contributed by atoms with Crippen molar-refractivity contribution in [3.8, 4) is 0 Å². The minimum atomic E-state index is -1.54. The molecular formula is C25H48N4O14S. The van der Waals surface area contributed by atoms with E-state index in [1.54, 1.807) is 0 Å². The van der Waals surface area contributed by atoms with Gasteiger partial charge in [0.25, 0.3) is 0 Å². The largest absolute Gasteiger partial charge is 0.394 e. The van der Waals surface area contributed by atoms with E-state index in [1.807, 2.05) is 0 Å². The Morgan fingerprint density at radius 1 is 0.682 bits per heavy atom. The number of hydrogen-bond acceptors (Lipinski definition) is 18. The molecule has 0 spiro atoms. The second kappa shape index (κ2) is 17.9. The van der Waals surface area contributed by atoms with Gasteiger partial charge in [-0.25, -0.2) is 0 Å². The first-order valence-electron chi connectivity index (χ1n) is 14.6. The lowest BCUT2D eigenvalue weighted by Gasteiger charge is -2.44. The van der Waals surface area contributed by atoms with Gasteiger partial charge in [-0.2, -0.15) is 12.6 Å². The van der Waals surface area contributed by atoms with Crippen molar-refractivity contribution in [1.29, 1.82) is 0 Å². The highest BCUT2D eigenvalue weighted by atomic mass is 32.1. The summed E-state index contributed by atoms with van der Waals surface area (Å²) in [5.41, 5.74) is 17.9. The predicted octanol–water partition coefficient (Wildman–Crippen LogP) is -6.43. The van der Waals surface area contributed by atoms with Crippen molar-refractivity contribution < 1.29 is 69.0 Å². The molecule has 15 atom stereocenters. The van der Waals surface area contributed by atoms with Crippen LogP contribution in [-0.4, -0.2) is 172 Å². The summed E-state index contributed by atoms with van der Waals surface area (Å²) in [5.74, 6) is 0.508. The summed E-state index contributed by atoms with van der Waals surface area (Å²) in [6.45, 7) is -0.949. The standard InChI is InChI=1S/C25H48N4O14S/c26-14-21(36)18(33)11(42-23(14)38-5-2-4-29-13(31)3-1-6-44)8-40-25-16(28)22(37)19(34)12(43-25)9-39-24-15(27)20(35)17(32)10(7-30)41-24/h10-12,14-25,30,32-37,44H,1-9,26-28H2,(H,29,31). The SMILES string of the molecule is NC1C(OCC2OC(OCC3OC(OCCCNC(=O)CCCS)C(N)C(O)C3O)C(N)C(O)C2O)OC(CO)C(O)C1O. The fraction of sp³-hybridized carbons (Fsp3) is 0.960. The first-order valence-corrected chi connectivity index (χ1v) is 15.2. The van der Waals surface area contributed by atoms with Crippen LogP contribution in [0.5, 0.6) is 0 Å². The van der Waals surface area contributed by atoms with Crippen LogP contribution in [-0.2, 0) is 33.2 Å². The number of nitrogens with one attached hydrogen (secondary N) is 1. The molecule has 0 radical (unpaired) electrons. The third-order valence-electron chi connectivity index (χ3n) is 7.76. The average Bonchev–Trinajstić information content (AvgIpc) is 3.01. The summed E-state index contributed by atoms with van der Waals surface area (Å²) in [4.78, 5) is 11.7. The zero-order valence-corrected chi connectivity index (χ0v) is 25.1. The van der Waals surface area contributed by atoms with Crippen molar-refractivity contribution in [3.63, 3.8) is 0 Å². The topological polar surface area (TPSA) is 304 Å². The molecule has 3 heterocycles. The third kappa shape index (κ3) is 9.61. The number of ether oxygens (including phenoxy) is 6. The van der Waals surface area contributed by atoms with Crippen molar-refractivity contribution in [3.05, 3.63) is 0 Å². The van der Waals surface area contributed by atoms with E-state index in [-0.39, 0.29) is 19.1 Å². The van der Waals surface area contributed by atoms with Crippen molar-refractivity contribution in [1.82, 2.24) is 5.32 Å². The highest BCUT2D eigenvalue weighted by Crippen LogP contribution is 2.26. The van der Waals surface area contributed by atoms with Crippen LogP contribution in [0.1, 0.15) is 19.3 Å². The Hall–Kier alpha value is -0.820. The van der Waals surface area contributed by atoms with Gasteiger partial charge in [0.1, 0.15) is 54.9 Å². The molecule has 0 aromatic heterocycles. The Labute approximate surface area is 260 Å². The van der Waals surface area contributed by atoms with E-state index in [0.29, 0.717) is 31.6 Å². The molecule has 44 heavy (non-hydrogen) atoms. The molecular weight excluding hydrogens is 612 g/mol. The minimum absolute atomic E-state index is 0.102.